The molecule has 2 atom stereocenters. The minimum Gasteiger partial charge on any atom is -0.396 e. The second kappa shape index (κ2) is 6.57. The molecule has 1 aliphatic heterocycles. The summed E-state index contributed by atoms with van der Waals surface area (Å²) < 4.78 is 1.93. The van der Waals surface area contributed by atoms with Gasteiger partial charge in [0.25, 0.3) is 0 Å². The normalized spacial score (nSPS) is 20.6. The minimum atomic E-state index is 0.101. The van der Waals surface area contributed by atoms with Gasteiger partial charge in [0.15, 0.2) is 0 Å². The van der Waals surface area contributed by atoms with Gasteiger partial charge in [0.2, 0.25) is 5.95 Å². The lowest BCUT2D eigenvalue weighted by Crippen LogP contribution is -2.23. The summed E-state index contributed by atoms with van der Waals surface area (Å²) in [5, 5.41) is 23.3. The van der Waals surface area contributed by atoms with E-state index in [0.29, 0.717) is 30.8 Å². The molecule has 0 aromatic carbocycles. The van der Waals surface area contributed by atoms with E-state index in [-0.39, 0.29) is 18.4 Å². The summed E-state index contributed by atoms with van der Waals surface area (Å²) in [4.78, 5) is 10.8. The van der Waals surface area contributed by atoms with Crippen LogP contribution in [0.5, 0.6) is 0 Å². The average molecular weight is 326 g/mol. The fourth-order valence-corrected chi connectivity index (χ4v) is 3.18. The summed E-state index contributed by atoms with van der Waals surface area (Å²) >= 11 is 0. The Labute approximate surface area is 141 Å². The molecule has 1 fully saturated rings. The van der Waals surface area contributed by atoms with E-state index in [9.17, 15) is 5.11 Å². The Morgan fingerprint density at radius 1 is 1.38 bits per heavy atom. The van der Waals surface area contributed by atoms with Crippen LogP contribution in [-0.4, -0.2) is 44.6 Å². The van der Waals surface area contributed by atoms with Crippen molar-refractivity contribution in [2.45, 2.75) is 32.7 Å². The van der Waals surface area contributed by atoms with E-state index < -0.39 is 0 Å². The Morgan fingerprint density at radius 2 is 2.17 bits per heavy atom. The monoisotopic (exact) mass is 326 g/mol. The molecule has 7 nitrogen and oxygen atoms in total. The predicted octanol–water partition coefficient (Wildman–Crippen LogP) is 1.65. The van der Waals surface area contributed by atoms with Crippen molar-refractivity contribution in [1.82, 2.24) is 19.7 Å². The predicted molar refractivity (Wildman–Crippen MR) is 89.6 cm³/mol. The molecule has 0 spiro atoms. The van der Waals surface area contributed by atoms with Gasteiger partial charge in [-0.15, -0.1) is 0 Å². The quantitative estimate of drug-likeness (QED) is 0.918. The van der Waals surface area contributed by atoms with Crippen molar-refractivity contribution in [3.05, 3.63) is 35.4 Å². The molecule has 3 rings (SSSR count). The maximum Gasteiger partial charge on any atom is 0.226 e. The number of nitriles is 1. The molecule has 1 aliphatic rings. The maximum absolute atomic E-state index is 9.79. The number of aliphatic hydroxyl groups is 1. The molecule has 0 unspecified atom stereocenters. The summed E-state index contributed by atoms with van der Waals surface area (Å²) in [5.74, 6) is 0.838. The fraction of sp³-hybridized carbons (Fsp3) is 0.529. The van der Waals surface area contributed by atoms with Crippen LogP contribution in [-0.2, 0) is 0 Å². The van der Waals surface area contributed by atoms with E-state index in [1.807, 2.05) is 22.7 Å². The molecular weight excluding hydrogens is 304 g/mol. The van der Waals surface area contributed by atoms with Gasteiger partial charge in [0.1, 0.15) is 11.8 Å². The summed E-state index contributed by atoms with van der Waals surface area (Å²) in [7, 11) is 0. The highest BCUT2D eigenvalue weighted by Crippen LogP contribution is 2.34. The molecule has 0 bridgehead atoms. The van der Waals surface area contributed by atoms with Crippen molar-refractivity contribution >= 4 is 5.95 Å². The van der Waals surface area contributed by atoms with Crippen LogP contribution in [0.3, 0.4) is 0 Å². The topological polar surface area (TPSA) is 90.9 Å². The number of hydrogen-bond donors (Lipinski definition) is 1. The SMILES string of the molecule is Cc1cc(C#N)nc(N2C[C@@H](CO)[C@H](c3cnn(C(C)C)c3)C2)n1. The molecule has 1 saturated heterocycles. The van der Waals surface area contributed by atoms with Gasteiger partial charge < -0.3 is 10.0 Å². The van der Waals surface area contributed by atoms with E-state index in [1.54, 1.807) is 6.07 Å². The zero-order chi connectivity index (χ0) is 17.3. The van der Waals surface area contributed by atoms with E-state index in [2.05, 4.69) is 41.2 Å². The summed E-state index contributed by atoms with van der Waals surface area (Å²) in [6.07, 6.45) is 3.94. The lowest BCUT2D eigenvalue weighted by molar-refractivity contribution is 0.227. The van der Waals surface area contributed by atoms with Crippen LogP contribution in [0.15, 0.2) is 18.5 Å². The van der Waals surface area contributed by atoms with Crippen molar-refractivity contribution in [1.29, 1.82) is 5.26 Å². The highest BCUT2D eigenvalue weighted by molar-refractivity contribution is 5.39. The largest absolute Gasteiger partial charge is 0.396 e. The zero-order valence-corrected chi connectivity index (χ0v) is 14.2. The molecule has 3 heterocycles. The third kappa shape index (κ3) is 3.10. The van der Waals surface area contributed by atoms with Crippen LogP contribution < -0.4 is 4.90 Å². The van der Waals surface area contributed by atoms with Crippen molar-refractivity contribution in [2.24, 2.45) is 5.92 Å². The van der Waals surface area contributed by atoms with E-state index >= 15 is 0 Å². The maximum atomic E-state index is 9.79. The molecule has 0 aliphatic carbocycles. The van der Waals surface area contributed by atoms with Gasteiger partial charge in [-0.2, -0.15) is 10.4 Å². The van der Waals surface area contributed by atoms with Gasteiger partial charge in [-0.3, -0.25) is 4.68 Å². The average Bonchev–Trinajstić information content (AvgIpc) is 3.20. The first-order valence-corrected chi connectivity index (χ1v) is 8.17. The second-order valence-corrected chi connectivity index (χ2v) is 6.61. The Kier molecular flexibility index (Phi) is 4.49. The highest BCUT2D eigenvalue weighted by Gasteiger charge is 2.35. The third-order valence-electron chi connectivity index (χ3n) is 4.49. The number of aryl methyl sites for hydroxylation is 1. The first-order chi connectivity index (χ1) is 11.5. The molecular formula is C17H22N6O. The second-order valence-electron chi connectivity index (χ2n) is 6.61. The Morgan fingerprint density at radius 3 is 2.79 bits per heavy atom. The van der Waals surface area contributed by atoms with Crippen LogP contribution in [0.4, 0.5) is 5.95 Å². The highest BCUT2D eigenvalue weighted by atomic mass is 16.3. The van der Waals surface area contributed by atoms with E-state index in [1.165, 1.54) is 0 Å². The Bertz CT molecular complexity index is 763. The van der Waals surface area contributed by atoms with E-state index in [4.69, 9.17) is 5.26 Å². The summed E-state index contributed by atoms with van der Waals surface area (Å²) in [5.41, 5.74) is 2.26. The molecule has 2 aromatic heterocycles. The molecule has 0 amide bonds. The van der Waals surface area contributed by atoms with Crippen LogP contribution in [0, 0.1) is 24.2 Å². The molecule has 126 valence electrons. The van der Waals surface area contributed by atoms with Crippen LogP contribution in [0.2, 0.25) is 0 Å². The zero-order valence-electron chi connectivity index (χ0n) is 14.2. The van der Waals surface area contributed by atoms with Crippen molar-refractivity contribution < 1.29 is 5.11 Å². The van der Waals surface area contributed by atoms with Gasteiger partial charge in [0.05, 0.1) is 6.20 Å². The first-order valence-electron chi connectivity index (χ1n) is 8.17. The molecule has 2 aromatic rings. The van der Waals surface area contributed by atoms with Gasteiger partial charge in [-0.05, 0) is 32.4 Å². The number of hydrogen-bond acceptors (Lipinski definition) is 6. The van der Waals surface area contributed by atoms with E-state index in [0.717, 1.165) is 11.3 Å². The lowest BCUT2D eigenvalue weighted by Gasteiger charge is -2.16. The molecule has 0 radical (unpaired) electrons. The van der Waals surface area contributed by atoms with Gasteiger partial charge in [0, 0.05) is 49.5 Å². The first kappa shape index (κ1) is 16.4. The lowest BCUT2D eigenvalue weighted by atomic mass is 9.92. The number of nitrogens with zero attached hydrogens (tertiary/aromatic N) is 6. The molecule has 24 heavy (non-hydrogen) atoms. The Balaban J connectivity index is 1.86. The van der Waals surface area contributed by atoms with Crippen molar-refractivity contribution in [3.63, 3.8) is 0 Å². The third-order valence-corrected chi connectivity index (χ3v) is 4.49. The van der Waals surface area contributed by atoms with Crippen molar-refractivity contribution in [3.8, 4) is 6.07 Å². The molecule has 1 N–H and O–H groups in total. The smallest absolute Gasteiger partial charge is 0.226 e. The van der Waals surface area contributed by atoms with Gasteiger partial charge in [-0.1, -0.05) is 0 Å². The van der Waals surface area contributed by atoms with Crippen LogP contribution in [0.25, 0.3) is 0 Å². The number of rotatable bonds is 4. The Hall–Kier alpha value is -2.46. The number of aliphatic hydroxyl groups excluding tert-OH is 1. The standard InChI is InChI=1S/C17H22N6O/c1-11(2)23-8-13(6-19-23)16-9-22(7-14(16)10-24)17-20-12(3)4-15(5-18)21-17/h4,6,8,11,14,16,24H,7,9-10H2,1-3H3/t14-,16-/m0/s1. The van der Waals surface area contributed by atoms with Crippen molar-refractivity contribution in [2.75, 3.05) is 24.6 Å². The molecule has 0 saturated carbocycles. The van der Waals surface area contributed by atoms with Gasteiger partial charge in [-0.25, -0.2) is 9.97 Å². The van der Waals surface area contributed by atoms with Gasteiger partial charge >= 0.3 is 0 Å². The minimum absolute atomic E-state index is 0.101. The fourth-order valence-electron chi connectivity index (χ4n) is 3.18. The summed E-state index contributed by atoms with van der Waals surface area (Å²) in [6, 6.07) is 4.06. The van der Waals surface area contributed by atoms with Crippen LogP contribution in [0.1, 0.15) is 42.8 Å². The summed E-state index contributed by atoms with van der Waals surface area (Å²) in [6.45, 7) is 7.52. The number of anilines is 1. The molecule has 7 heteroatoms. The number of aromatic nitrogens is 4. The van der Waals surface area contributed by atoms with Crippen LogP contribution >= 0.6 is 0 Å².